The van der Waals surface area contributed by atoms with E-state index >= 15 is 0 Å². The molecule has 18 heavy (non-hydrogen) atoms. The third kappa shape index (κ3) is 4.16. The average molecular weight is 277 g/mol. The summed E-state index contributed by atoms with van der Waals surface area (Å²) in [6.07, 6.45) is 1.12. The monoisotopic (exact) mass is 277 g/mol. The van der Waals surface area contributed by atoms with Crippen LogP contribution in [0, 0.1) is 6.92 Å². The molecule has 1 heterocycles. The molecular formula is C15H19NS2. The summed E-state index contributed by atoms with van der Waals surface area (Å²) in [5.41, 5.74) is 1.33. The van der Waals surface area contributed by atoms with Crippen LogP contribution in [0.15, 0.2) is 46.7 Å². The van der Waals surface area contributed by atoms with E-state index in [1.165, 1.54) is 15.3 Å². The lowest BCUT2D eigenvalue weighted by Crippen LogP contribution is -2.29. The number of thiophene rings is 1. The molecule has 0 bridgehead atoms. The minimum Gasteiger partial charge on any atom is -0.316 e. The molecule has 1 nitrogen and oxygen atoms in total. The molecular weight excluding hydrogens is 258 g/mol. The quantitative estimate of drug-likeness (QED) is 0.802. The van der Waals surface area contributed by atoms with Gasteiger partial charge in [0.2, 0.25) is 0 Å². The normalized spacial score (nSPS) is 12.6. The highest BCUT2D eigenvalue weighted by atomic mass is 32.2. The first-order valence-corrected chi connectivity index (χ1v) is 8.03. The summed E-state index contributed by atoms with van der Waals surface area (Å²) >= 11 is 3.77. The van der Waals surface area contributed by atoms with Crippen molar-refractivity contribution in [3.05, 3.63) is 52.2 Å². The van der Waals surface area contributed by atoms with E-state index in [0.29, 0.717) is 6.04 Å². The van der Waals surface area contributed by atoms with Gasteiger partial charge in [0.15, 0.2) is 0 Å². The summed E-state index contributed by atoms with van der Waals surface area (Å²) in [5, 5.41) is 5.56. The molecule has 1 atom stereocenters. The first-order chi connectivity index (χ1) is 8.78. The average Bonchev–Trinajstić information content (AvgIpc) is 2.87. The summed E-state index contributed by atoms with van der Waals surface area (Å²) in [5.74, 6) is 1.11. The Labute approximate surface area is 118 Å². The highest BCUT2D eigenvalue weighted by Crippen LogP contribution is 2.21. The zero-order chi connectivity index (χ0) is 12.8. The van der Waals surface area contributed by atoms with E-state index in [4.69, 9.17) is 0 Å². The van der Waals surface area contributed by atoms with E-state index in [1.807, 2.05) is 23.1 Å². The predicted octanol–water partition coefficient (Wildman–Crippen LogP) is 3.98. The Morgan fingerprint density at radius 1 is 1.28 bits per heavy atom. The summed E-state index contributed by atoms with van der Waals surface area (Å²) in [7, 11) is 2.05. The Balaban J connectivity index is 1.87. The third-order valence-electron chi connectivity index (χ3n) is 2.88. The second-order valence-electron chi connectivity index (χ2n) is 4.40. The molecule has 2 aromatic rings. The van der Waals surface area contributed by atoms with Crippen molar-refractivity contribution < 1.29 is 0 Å². The lowest BCUT2D eigenvalue weighted by Gasteiger charge is -2.15. The third-order valence-corrected chi connectivity index (χ3v) is 4.93. The Bertz CT molecular complexity index is 465. The van der Waals surface area contributed by atoms with E-state index in [-0.39, 0.29) is 0 Å². The van der Waals surface area contributed by atoms with Gasteiger partial charge in [0, 0.05) is 21.6 Å². The van der Waals surface area contributed by atoms with Crippen molar-refractivity contribution in [2.75, 3.05) is 12.8 Å². The van der Waals surface area contributed by atoms with Gasteiger partial charge in [-0.25, -0.2) is 0 Å². The smallest absolute Gasteiger partial charge is 0.0206 e. The van der Waals surface area contributed by atoms with Gasteiger partial charge in [-0.05, 0) is 44.0 Å². The van der Waals surface area contributed by atoms with Crippen molar-refractivity contribution in [2.24, 2.45) is 0 Å². The zero-order valence-electron chi connectivity index (χ0n) is 10.8. The maximum Gasteiger partial charge on any atom is 0.0206 e. The molecule has 0 amide bonds. The van der Waals surface area contributed by atoms with Gasteiger partial charge in [0.25, 0.3) is 0 Å². The number of thioether (sulfide) groups is 1. The van der Waals surface area contributed by atoms with Gasteiger partial charge < -0.3 is 5.32 Å². The lowest BCUT2D eigenvalue weighted by atomic mass is 10.2. The fraction of sp³-hybridized carbons (Fsp3) is 0.333. The second kappa shape index (κ2) is 6.98. The number of likely N-dealkylation sites (N-methyl/N-ethyl adjacent to an activating group) is 1. The van der Waals surface area contributed by atoms with Gasteiger partial charge in [0.05, 0.1) is 0 Å². The van der Waals surface area contributed by atoms with Gasteiger partial charge in [0.1, 0.15) is 0 Å². The van der Waals surface area contributed by atoms with Crippen LogP contribution in [0.25, 0.3) is 0 Å². The Morgan fingerprint density at radius 3 is 2.83 bits per heavy atom. The number of benzene rings is 1. The molecule has 1 aromatic carbocycles. The molecule has 0 fully saturated rings. The predicted molar refractivity (Wildman–Crippen MR) is 82.8 cm³/mol. The van der Waals surface area contributed by atoms with Crippen LogP contribution in [0.3, 0.4) is 0 Å². The molecule has 0 saturated heterocycles. The van der Waals surface area contributed by atoms with Crippen LogP contribution in [-0.2, 0) is 6.42 Å². The molecule has 1 unspecified atom stereocenters. The van der Waals surface area contributed by atoms with E-state index in [1.54, 1.807) is 0 Å². The fourth-order valence-electron chi connectivity index (χ4n) is 1.82. The van der Waals surface area contributed by atoms with Crippen molar-refractivity contribution in [2.45, 2.75) is 24.3 Å². The van der Waals surface area contributed by atoms with Crippen LogP contribution in [0.2, 0.25) is 0 Å². The number of rotatable bonds is 6. The number of hydrogen-bond acceptors (Lipinski definition) is 3. The van der Waals surface area contributed by atoms with Gasteiger partial charge in [-0.1, -0.05) is 23.8 Å². The molecule has 96 valence electrons. The van der Waals surface area contributed by atoms with E-state index in [0.717, 1.165) is 12.2 Å². The molecule has 0 aliphatic heterocycles. The number of nitrogens with one attached hydrogen (secondary N) is 1. The van der Waals surface area contributed by atoms with Crippen LogP contribution in [0.1, 0.15) is 10.4 Å². The minimum atomic E-state index is 0.536. The van der Waals surface area contributed by atoms with Crippen molar-refractivity contribution in [1.82, 2.24) is 5.32 Å². The highest BCUT2D eigenvalue weighted by Gasteiger charge is 2.08. The van der Waals surface area contributed by atoms with Crippen LogP contribution >= 0.6 is 23.1 Å². The first-order valence-electron chi connectivity index (χ1n) is 6.17. The van der Waals surface area contributed by atoms with Crippen LogP contribution in [-0.4, -0.2) is 18.8 Å². The van der Waals surface area contributed by atoms with Crippen LogP contribution < -0.4 is 5.32 Å². The topological polar surface area (TPSA) is 12.0 Å². The minimum absolute atomic E-state index is 0.536. The van der Waals surface area contributed by atoms with Gasteiger partial charge in [-0.3, -0.25) is 0 Å². The molecule has 0 saturated carbocycles. The molecule has 0 aliphatic rings. The molecule has 1 aromatic heterocycles. The summed E-state index contributed by atoms with van der Waals surface area (Å²) < 4.78 is 0. The molecule has 0 radical (unpaired) electrons. The maximum absolute atomic E-state index is 3.41. The molecule has 2 rings (SSSR count). The van der Waals surface area contributed by atoms with Crippen LogP contribution in [0.5, 0.6) is 0 Å². The highest BCUT2D eigenvalue weighted by molar-refractivity contribution is 7.99. The first kappa shape index (κ1) is 13.7. The summed E-state index contributed by atoms with van der Waals surface area (Å²) in [6, 6.07) is 13.6. The fourth-order valence-corrected chi connectivity index (χ4v) is 3.73. The maximum atomic E-state index is 3.41. The molecule has 0 spiro atoms. The SMILES string of the molecule is CNC(CSc1cccc(C)c1)Cc1cccs1. The van der Waals surface area contributed by atoms with E-state index < -0.39 is 0 Å². The van der Waals surface area contributed by atoms with Gasteiger partial charge in [-0.2, -0.15) is 0 Å². The van der Waals surface area contributed by atoms with Crippen molar-refractivity contribution >= 4 is 23.1 Å². The zero-order valence-corrected chi connectivity index (χ0v) is 12.5. The van der Waals surface area contributed by atoms with Crippen molar-refractivity contribution in [3.63, 3.8) is 0 Å². The standard InChI is InChI=1S/C15H19NS2/c1-12-5-3-6-14(9-12)18-11-13(16-2)10-15-7-4-8-17-15/h3-9,13,16H,10-11H2,1-2H3. The number of aryl methyl sites for hydroxylation is 1. The Kier molecular flexibility index (Phi) is 5.29. The largest absolute Gasteiger partial charge is 0.316 e. The molecule has 0 aliphatic carbocycles. The Morgan fingerprint density at radius 2 is 2.17 bits per heavy atom. The van der Waals surface area contributed by atoms with E-state index in [2.05, 4.69) is 61.1 Å². The summed E-state index contributed by atoms with van der Waals surface area (Å²) in [4.78, 5) is 2.82. The lowest BCUT2D eigenvalue weighted by molar-refractivity contribution is 0.622. The second-order valence-corrected chi connectivity index (χ2v) is 6.52. The van der Waals surface area contributed by atoms with E-state index in [9.17, 15) is 0 Å². The molecule has 3 heteroatoms. The van der Waals surface area contributed by atoms with Gasteiger partial charge >= 0.3 is 0 Å². The molecule has 1 N–H and O–H groups in total. The van der Waals surface area contributed by atoms with Crippen molar-refractivity contribution in [1.29, 1.82) is 0 Å². The van der Waals surface area contributed by atoms with Gasteiger partial charge in [-0.15, -0.1) is 23.1 Å². The Hall–Kier alpha value is -0.770. The summed E-state index contributed by atoms with van der Waals surface area (Å²) in [6.45, 7) is 2.14. The van der Waals surface area contributed by atoms with Crippen LogP contribution in [0.4, 0.5) is 0 Å². The number of hydrogen-bond donors (Lipinski definition) is 1. The van der Waals surface area contributed by atoms with Crippen molar-refractivity contribution in [3.8, 4) is 0 Å².